The van der Waals surface area contributed by atoms with Gasteiger partial charge in [0.05, 0.1) is 17.6 Å². The van der Waals surface area contributed by atoms with Crippen LogP contribution in [0.5, 0.6) is 5.75 Å². The molecule has 0 saturated heterocycles. The van der Waals surface area contributed by atoms with Crippen molar-refractivity contribution in [1.29, 1.82) is 5.26 Å². The van der Waals surface area contributed by atoms with E-state index in [0.29, 0.717) is 29.9 Å². The van der Waals surface area contributed by atoms with Crippen molar-refractivity contribution in [2.75, 3.05) is 0 Å². The molecule has 0 saturated carbocycles. The number of dihydropyridines is 1. The molecule has 1 aliphatic carbocycles. The van der Waals surface area contributed by atoms with E-state index in [4.69, 9.17) is 4.74 Å². The molecule has 0 radical (unpaired) electrons. The van der Waals surface area contributed by atoms with Crippen molar-refractivity contribution in [2.45, 2.75) is 46.1 Å². The number of hydrogen-bond donors (Lipinski definition) is 1. The number of ether oxygens (including phenoxy) is 1. The smallest absolute Gasteiger partial charge is 0.162 e. The molecule has 0 fully saturated rings. The number of carbonyl (C=O) groups excluding carboxylic acids is 1. The van der Waals surface area contributed by atoms with Gasteiger partial charge in [-0.3, -0.25) is 4.79 Å². The van der Waals surface area contributed by atoms with E-state index in [1.807, 2.05) is 31.2 Å². The van der Waals surface area contributed by atoms with Gasteiger partial charge in [0.2, 0.25) is 0 Å². The highest BCUT2D eigenvalue weighted by molar-refractivity contribution is 6.00. The first-order valence-corrected chi connectivity index (χ1v) is 10.4. The minimum Gasteiger partial charge on any atom is -0.489 e. The standard InChI is InChI=1S/C26H25FN2O2/c1-16-21(14-28)24(25-22(29-16)12-26(2,3)13-23(25)30)18-5-4-6-20(11-18)31-15-17-7-9-19(27)10-8-17/h4-11,24,29H,12-13,15H2,1-3H3/t24-/m0/s1. The number of benzene rings is 2. The van der Waals surface area contributed by atoms with Crippen LogP contribution in [0.25, 0.3) is 0 Å². The fourth-order valence-electron chi connectivity index (χ4n) is 4.45. The molecule has 158 valence electrons. The van der Waals surface area contributed by atoms with Gasteiger partial charge in [-0.15, -0.1) is 0 Å². The molecule has 0 aromatic heterocycles. The molecule has 31 heavy (non-hydrogen) atoms. The molecule has 0 unspecified atom stereocenters. The number of halogens is 1. The predicted molar refractivity (Wildman–Crippen MR) is 116 cm³/mol. The average Bonchev–Trinajstić information content (AvgIpc) is 2.71. The van der Waals surface area contributed by atoms with Gasteiger partial charge in [0.25, 0.3) is 0 Å². The largest absolute Gasteiger partial charge is 0.489 e. The summed E-state index contributed by atoms with van der Waals surface area (Å²) in [6.07, 6.45) is 1.23. The van der Waals surface area contributed by atoms with Gasteiger partial charge in [-0.2, -0.15) is 5.26 Å². The van der Waals surface area contributed by atoms with Crippen molar-refractivity contribution in [2.24, 2.45) is 5.41 Å². The molecule has 1 aliphatic heterocycles. The Balaban J connectivity index is 1.67. The Kier molecular flexibility index (Phi) is 5.41. The predicted octanol–water partition coefficient (Wildman–Crippen LogP) is 5.53. The highest BCUT2D eigenvalue weighted by Crippen LogP contribution is 2.46. The second-order valence-corrected chi connectivity index (χ2v) is 9.03. The van der Waals surface area contributed by atoms with E-state index in [0.717, 1.165) is 28.9 Å². The minimum absolute atomic E-state index is 0.0848. The van der Waals surface area contributed by atoms with Crippen molar-refractivity contribution in [3.8, 4) is 11.8 Å². The van der Waals surface area contributed by atoms with Gasteiger partial charge >= 0.3 is 0 Å². The van der Waals surface area contributed by atoms with Gasteiger partial charge in [-0.25, -0.2) is 4.39 Å². The van der Waals surface area contributed by atoms with Crippen molar-refractivity contribution in [1.82, 2.24) is 5.32 Å². The zero-order valence-electron chi connectivity index (χ0n) is 18.0. The lowest BCUT2D eigenvalue weighted by atomic mass is 9.69. The van der Waals surface area contributed by atoms with E-state index in [9.17, 15) is 14.4 Å². The molecule has 0 amide bonds. The van der Waals surface area contributed by atoms with E-state index in [1.165, 1.54) is 12.1 Å². The lowest BCUT2D eigenvalue weighted by molar-refractivity contribution is -0.118. The third-order valence-corrected chi connectivity index (χ3v) is 5.87. The van der Waals surface area contributed by atoms with Gasteiger partial charge in [-0.05, 0) is 54.2 Å². The van der Waals surface area contributed by atoms with E-state index >= 15 is 0 Å². The summed E-state index contributed by atoms with van der Waals surface area (Å²) in [5.41, 5.74) is 4.55. The normalized spacial score (nSPS) is 20.1. The molecule has 1 N–H and O–H groups in total. The molecule has 1 atom stereocenters. The molecule has 0 bridgehead atoms. The first-order chi connectivity index (χ1) is 14.8. The van der Waals surface area contributed by atoms with Crippen molar-refractivity contribution >= 4 is 5.78 Å². The van der Waals surface area contributed by atoms with Crippen LogP contribution in [0.3, 0.4) is 0 Å². The monoisotopic (exact) mass is 416 g/mol. The van der Waals surface area contributed by atoms with Crippen LogP contribution >= 0.6 is 0 Å². The Bertz CT molecular complexity index is 1140. The number of ketones is 1. The average molecular weight is 416 g/mol. The van der Waals surface area contributed by atoms with Crippen LogP contribution in [-0.4, -0.2) is 5.78 Å². The summed E-state index contributed by atoms with van der Waals surface area (Å²) < 4.78 is 19.0. The third-order valence-electron chi connectivity index (χ3n) is 5.87. The number of nitriles is 1. The number of carbonyl (C=O) groups is 1. The summed E-state index contributed by atoms with van der Waals surface area (Å²) in [6.45, 7) is 6.37. The Morgan fingerprint density at radius 2 is 1.94 bits per heavy atom. The maximum atomic E-state index is 13.1. The summed E-state index contributed by atoms with van der Waals surface area (Å²) in [7, 11) is 0. The van der Waals surface area contributed by atoms with Crippen LogP contribution in [0.2, 0.25) is 0 Å². The van der Waals surface area contributed by atoms with Crippen LogP contribution in [0.4, 0.5) is 4.39 Å². The SMILES string of the molecule is CC1=C(C#N)[C@H](c2cccc(OCc3ccc(F)cc3)c2)C2=C(CC(C)(C)CC2=O)N1. The van der Waals surface area contributed by atoms with E-state index < -0.39 is 5.92 Å². The van der Waals surface area contributed by atoms with E-state index in [1.54, 1.807) is 12.1 Å². The number of nitrogens with one attached hydrogen (secondary N) is 1. The van der Waals surface area contributed by atoms with Crippen molar-refractivity contribution in [3.63, 3.8) is 0 Å². The molecular formula is C26H25FN2O2. The molecule has 5 heteroatoms. The van der Waals surface area contributed by atoms with Crippen LogP contribution in [0.1, 0.15) is 50.7 Å². The molecule has 0 spiro atoms. The topological polar surface area (TPSA) is 62.1 Å². The molecule has 4 rings (SSSR count). The molecule has 1 heterocycles. The molecule has 2 aromatic rings. The fraction of sp³-hybridized carbons (Fsp3) is 0.308. The Labute approximate surface area is 182 Å². The number of allylic oxidation sites excluding steroid dienone is 4. The fourth-order valence-corrected chi connectivity index (χ4v) is 4.45. The van der Waals surface area contributed by atoms with Crippen molar-refractivity contribution in [3.05, 3.63) is 88.0 Å². The quantitative estimate of drug-likeness (QED) is 0.712. The summed E-state index contributed by atoms with van der Waals surface area (Å²) >= 11 is 0. The maximum absolute atomic E-state index is 13.1. The summed E-state index contributed by atoms with van der Waals surface area (Å²) in [5.74, 6) is 0.0362. The van der Waals surface area contributed by atoms with E-state index in [-0.39, 0.29) is 17.0 Å². The molecule has 2 aromatic carbocycles. The number of rotatable bonds is 4. The summed E-state index contributed by atoms with van der Waals surface area (Å²) in [4.78, 5) is 13.1. The van der Waals surface area contributed by atoms with Crippen LogP contribution in [0, 0.1) is 22.6 Å². The first-order valence-electron chi connectivity index (χ1n) is 10.4. The second kappa shape index (κ2) is 8.03. The van der Waals surface area contributed by atoms with Crippen molar-refractivity contribution < 1.29 is 13.9 Å². The summed E-state index contributed by atoms with van der Waals surface area (Å²) in [5, 5.41) is 13.2. The second-order valence-electron chi connectivity index (χ2n) is 9.03. The van der Waals surface area contributed by atoms with Gasteiger partial charge in [0, 0.05) is 23.4 Å². The summed E-state index contributed by atoms with van der Waals surface area (Å²) in [6, 6.07) is 16.0. The lowest BCUT2D eigenvalue weighted by Crippen LogP contribution is -2.36. The zero-order valence-corrected chi connectivity index (χ0v) is 18.0. The Hall–Kier alpha value is -3.39. The molecular weight excluding hydrogens is 391 g/mol. The first kappa shape index (κ1) is 20.9. The highest BCUT2D eigenvalue weighted by Gasteiger charge is 2.41. The number of Topliss-reactive ketones (excluding diaryl/α,β-unsaturated/α-hetero) is 1. The number of nitrogens with zero attached hydrogens (tertiary/aromatic N) is 1. The van der Waals surface area contributed by atoms with Crippen LogP contribution in [-0.2, 0) is 11.4 Å². The van der Waals surface area contributed by atoms with Gasteiger partial charge in [0.1, 0.15) is 18.2 Å². The highest BCUT2D eigenvalue weighted by atomic mass is 19.1. The third kappa shape index (κ3) is 4.25. The Morgan fingerprint density at radius 3 is 2.65 bits per heavy atom. The lowest BCUT2D eigenvalue weighted by Gasteiger charge is -2.38. The Morgan fingerprint density at radius 1 is 1.19 bits per heavy atom. The van der Waals surface area contributed by atoms with Gasteiger partial charge in [0.15, 0.2) is 5.78 Å². The number of hydrogen-bond acceptors (Lipinski definition) is 4. The van der Waals surface area contributed by atoms with Crippen LogP contribution < -0.4 is 10.1 Å². The van der Waals surface area contributed by atoms with Crippen LogP contribution in [0.15, 0.2) is 71.1 Å². The maximum Gasteiger partial charge on any atom is 0.162 e. The van der Waals surface area contributed by atoms with Gasteiger partial charge in [-0.1, -0.05) is 38.1 Å². The zero-order chi connectivity index (χ0) is 22.2. The molecule has 2 aliphatic rings. The van der Waals surface area contributed by atoms with Gasteiger partial charge < -0.3 is 10.1 Å². The minimum atomic E-state index is -0.403. The molecule has 4 nitrogen and oxygen atoms in total. The van der Waals surface area contributed by atoms with E-state index in [2.05, 4.69) is 25.2 Å².